The maximum absolute atomic E-state index is 11.8. The maximum atomic E-state index is 11.8. The predicted octanol–water partition coefficient (Wildman–Crippen LogP) is 9.06. The number of carbonyl (C=O) groups excluding carboxylic acids is 1. The van der Waals surface area contributed by atoms with Gasteiger partial charge in [-0.15, -0.1) is 0 Å². The topological polar surface area (TPSA) is 54.0 Å². The van der Waals surface area contributed by atoms with Gasteiger partial charge >= 0.3 is 5.97 Å². The lowest BCUT2D eigenvalue weighted by Crippen LogP contribution is -2.29. The summed E-state index contributed by atoms with van der Waals surface area (Å²) in [7, 11) is 0. The third kappa shape index (κ3) is 17.7. The van der Waals surface area contributed by atoms with Gasteiger partial charge in [0.25, 0.3) is 0 Å². The SMILES string of the molecule is CCCCCCCCCCCCCC(=O)OCCOCCOCCOC1CCC(C2CCC(CC)CC2)CC1. The summed E-state index contributed by atoms with van der Waals surface area (Å²) in [5.41, 5.74) is 0. The Morgan fingerprint density at radius 1 is 0.564 bits per heavy atom. The molecule has 0 aromatic heterocycles. The third-order valence-corrected chi connectivity index (χ3v) is 9.28. The Morgan fingerprint density at radius 3 is 1.62 bits per heavy atom. The van der Waals surface area contributed by atoms with Crippen molar-refractivity contribution >= 4 is 5.97 Å². The van der Waals surface area contributed by atoms with Gasteiger partial charge in [-0.1, -0.05) is 97.3 Å². The molecule has 0 amide bonds. The molecule has 0 heterocycles. The fourth-order valence-corrected chi connectivity index (χ4v) is 6.61. The van der Waals surface area contributed by atoms with Gasteiger partial charge in [-0.3, -0.25) is 4.79 Å². The van der Waals surface area contributed by atoms with Crippen molar-refractivity contribution in [3.63, 3.8) is 0 Å². The lowest BCUT2D eigenvalue weighted by molar-refractivity contribution is -0.145. The molecule has 0 unspecified atom stereocenters. The fourth-order valence-electron chi connectivity index (χ4n) is 6.61. The minimum atomic E-state index is -0.0965. The molecule has 0 aliphatic heterocycles. The van der Waals surface area contributed by atoms with Crippen LogP contribution in [-0.4, -0.2) is 51.7 Å². The highest BCUT2D eigenvalue weighted by Gasteiger charge is 2.30. The molecule has 2 aliphatic carbocycles. The largest absolute Gasteiger partial charge is 0.463 e. The average molecular weight is 553 g/mol. The molecule has 39 heavy (non-hydrogen) atoms. The highest BCUT2D eigenvalue weighted by Crippen LogP contribution is 2.41. The van der Waals surface area contributed by atoms with Crippen LogP contribution >= 0.6 is 0 Å². The molecular weight excluding hydrogens is 488 g/mol. The zero-order valence-corrected chi connectivity index (χ0v) is 25.9. The number of hydrogen-bond acceptors (Lipinski definition) is 5. The van der Waals surface area contributed by atoms with E-state index in [4.69, 9.17) is 18.9 Å². The Labute approximate surface area is 241 Å². The molecule has 0 saturated heterocycles. The standard InChI is InChI=1S/C34H64O5/c1-3-5-6-7-8-9-10-11-12-13-14-15-34(35)39-29-27-37-25-24-36-26-28-38-33-22-20-32(21-23-33)31-18-16-30(4-2)17-19-31/h30-33H,3-29H2,1-2H3. The number of ether oxygens (including phenoxy) is 4. The zero-order valence-electron chi connectivity index (χ0n) is 25.9. The van der Waals surface area contributed by atoms with Crippen molar-refractivity contribution in [1.29, 1.82) is 0 Å². The Balaban J connectivity index is 1.27. The van der Waals surface area contributed by atoms with Crippen LogP contribution in [0, 0.1) is 17.8 Å². The minimum Gasteiger partial charge on any atom is -0.463 e. The lowest BCUT2D eigenvalue weighted by Gasteiger charge is -2.37. The molecule has 0 bridgehead atoms. The number of esters is 1. The molecule has 230 valence electrons. The summed E-state index contributed by atoms with van der Waals surface area (Å²) in [6.07, 6.45) is 27.5. The van der Waals surface area contributed by atoms with Gasteiger partial charge in [0, 0.05) is 6.42 Å². The molecule has 2 saturated carbocycles. The van der Waals surface area contributed by atoms with Crippen molar-refractivity contribution in [3.05, 3.63) is 0 Å². The molecule has 5 heteroatoms. The van der Waals surface area contributed by atoms with Crippen molar-refractivity contribution < 1.29 is 23.7 Å². The van der Waals surface area contributed by atoms with Gasteiger partial charge in [0.2, 0.25) is 0 Å². The van der Waals surface area contributed by atoms with E-state index in [1.165, 1.54) is 116 Å². The van der Waals surface area contributed by atoms with Gasteiger partial charge < -0.3 is 18.9 Å². The predicted molar refractivity (Wildman–Crippen MR) is 161 cm³/mol. The second-order valence-electron chi connectivity index (χ2n) is 12.3. The number of unbranched alkanes of at least 4 members (excludes halogenated alkanes) is 10. The first-order valence-corrected chi connectivity index (χ1v) is 17.2. The quantitative estimate of drug-likeness (QED) is 0.0883. The highest BCUT2D eigenvalue weighted by molar-refractivity contribution is 5.69. The summed E-state index contributed by atoms with van der Waals surface area (Å²) in [6, 6.07) is 0. The van der Waals surface area contributed by atoms with E-state index >= 15 is 0 Å². The van der Waals surface area contributed by atoms with E-state index in [0.717, 1.165) is 30.6 Å². The van der Waals surface area contributed by atoms with E-state index in [-0.39, 0.29) is 5.97 Å². The van der Waals surface area contributed by atoms with Crippen LogP contribution in [0.5, 0.6) is 0 Å². The number of carbonyl (C=O) groups is 1. The molecule has 0 radical (unpaired) electrons. The molecule has 0 aromatic carbocycles. The van der Waals surface area contributed by atoms with E-state index in [9.17, 15) is 4.79 Å². The Hall–Kier alpha value is -0.650. The number of hydrogen-bond donors (Lipinski definition) is 0. The summed E-state index contributed by atoms with van der Waals surface area (Å²) < 4.78 is 22.5. The minimum absolute atomic E-state index is 0.0965. The van der Waals surface area contributed by atoms with Crippen molar-refractivity contribution in [2.75, 3.05) is 39.6 Å². The average Bonchev–Trinajstić information content (AvgIpc) is 2.97. The van der Waals surface area contributed by atoms with Gasteiger partial charge in [0.15, 0.2) is 0 Å². The molecule has 0 N–H and O–H groups in total. The second-order valence-corrected chi connectivity index (χ2v) is 12.3. The third-order valence-electron chi connectivity index (χ3n) is 9.28. The maximum Gasteiger partial charge on any atom is 0.305 e. The summed E-state index contributed by atoms with van der Waals surface area (Å²) >= 11 is 0. The molecular formula is C34H64O5. The molecule has 2 aliphatic rings. The van der Waals surface area contributed by atoms with Crippen molar-refractivity contribution in [2.45, 2.75) is 155 Å². The Kier molecular flexibility index (Phi) is 21.3. The normalized spacial score (nSPS) is 23.6. The molecule has 5 nitrogen and oxygen atoms in total. The van der Waals surface area contributed by atoms with Crippen LogP contribution in [0.4, 0.5) is 0 Å². The molecule has 2 fully saturated rings. The first kappa shape index (κ1) is 34.6. The Morgan fingerprint density at radius 2 is 1.05 bits per heavy atom. The van der Waals surface area contributed by atoms with Crippen molar-refractivity contribution in [1.82, 2.24) is 0 Å². The summed E-state index contributed by atoms with van der Waals surface area (Å²) in [5.74, 6) is 2.83. The van der Waals surface area contributed by atoms with E-state index in [2.05, 4.69) is 13.8 Å². The van der Waals surface area contributed by atoms with Gasteiger partial charge in [-0.25, -0.2) is 0 Å². The zero-order chi connectivity index (χ0) is 27.8. The van der Waals surface area contributed by atoms with Crippen molar-refractivity contribution in [2.24, 2.45) is 17.8 Å². The van der Waals surface area contributed by atoms with Crippen LogP contribution in [-0.2, 0) is 23.7 Å². The van der Waals surface area contributed by atoms with E-state index in [1.54, 1.807) is 0 Å². The second kappa shape index (κ2) is 24.0. The van der Waals surface area contributed by atoms with Crippen LogP contribution in [0.1, 0.15) is 149 Å². The van der Waals surface area contributed by atoms with E-state index in [0.29, 0.717) is 52.2 Å². The molecule has 0 spiro atoms. The first-order valence-electron chi connectivity index (χ1n) is 17.2. The fraction of sp³-hybridized carbons (Fsp3) is 0.971. The van der Waals surface area contributed by atoms with Gasteiger partial charge in [-0.2, -0.15) is 0 Å². The van der Waals surface area contributed by atoms with Crippen LogP contribution in [0.25, 0.3) is 0 Å². The smallest absolute Gasteiger partial charge is 0.305 e. The molecule has 0 aromatic rings. The van der Waals surface area contributed by atoms with Crippen LogP contribution in [0.3, 0.4) is 0 Å². The summed E-state index contributed by atoms with van der Waals surface area (Å²) in [6.45, 7) is 7.78. The van der Waals surface area contributed by atoms with Gasteiger partial charge in [-0.05, 0) is 62.7 Å². The van der Waals surface area contributed by atoms with Crippen LogP contribution < -0.4 is 0 Å². The monoisotopic (exact) mass is 552 g/mol. The van der Waals surface area contributed by atoms with E-state index < -0.39 is 0 Å². The van der Waals surface area contributed by atoms with Crippen LogP contribution in [0.2, 0.25) is 0 Å². The summed E-state index contributed by atoms with van der Waals surface area (Å²) in [5, 5.41) is 0. The summed E-state index contributed by atoms with van der Waals surface area (Å²) in [4.78, 5) is 11.8. The van der Waals surface area contributed by atoms with Crippen molar-refractivity contribution in [3.8, 4) is 0 Å². The van der Waals surface area contributed by atoms with E-state index in [1.807, 2.05) is 0 Å². The number of rotatable bonds is 24. The highest BCUT2D eigenvalue weighted by atomic mass is 16.6. The van der Waals surface area contributed by atoms with Crippen LogP contribution in [0.15, 0.2) is 0 Å². The lowest BCUT2D eigenvalue weighted by atomic mass is 9.70. The Bertz CT molecular complexity index is 552. The molecule has 2 rings (SSSR count). The molecule has 0 atom stereocenters. The van der Waals surface area contributed by atoms with Gasteiger partial charge in [0.05, 0.1) is 39.1 Å². The van der Waals surface area contributed by atoms with Gasteiger partial charge in [0.1, 0.15) is 6.61 Å². The first-order chi connectivity index (χ1) is 19.2.